The van der Waals surface area contributed by atoms with Crippen LogP contribution in [-0.4, -0.2) is 18.9 Å². The Balaban J connectivity index is 3.74. The summed E-state index contributed by atoms with van der Waals surface area (Å²) >= 11 is 0. The van der Waals surface area contributed by atoms with Crippen molar-refractivity contribution in [2.75, 3.05) is 7.11 Å². The van der Waals surface area contributed by atoms with Crippen LogP contribution in [0.3, 0.4) is 0 Å². The summed E-state index contributed by atoms with van der Waals surface area (Å²) in [5, 5.41) is 0. The second-order valence-electron chi connectivity index (χ2n) is 10.1. The van der Waals surface area contributed by atoms with E-state index in [1.807, 2.05) is 0 Å². The van der Waals surface area contributed by atoms with Gasteiger partial charge in [-0.1, -0.05) is 129 Å². The molecule has 0 saturated carbocycles. The highest BCUT2D eigenvalue weighted by Crippen LogP contribution is 2.18. The molecule has 0 aromatic heterocycles. The van der Waals surface area contributed by atoms with E-state index >= 15 is 0 Å². The van der Waals surface area contributed by atoms with Crippen LogP contribution in [0.2, 0.25) is 0 Å². The summed E-state index contributed by atoms with van der Waals surface area (Å²) in [5.41, 5.74) is 0. The summed E-state index contributed by atoms with van der Waals surface area (Å²) < 4.78 is 4.92. The molecule has 0 aliphatic heterocycles. The predicted octanol–water partition coefficient (Wildman–Crippen LogP) is 9.91. The summed E-state index contributed by atoms with van der Waals surface area (Å²) in [6.45, 7) is 4.50. The van der Waals surface area contributed by atoms with E-state index in [2.05, 4.69) is 26.0 Å². The van der Waals surface area contributed by atoms with E-state index < -0.39 is 5.92 Å². The minimum atomic E-state index is -0.540. The molecule has 0 heterocycles. The molecule has 0 radical (unpaired) electrons. The molecule has 3 nitrogen and oxygen atoms in total. The smallest absolute Gasteiger partial charge is 0.316 e. The molecule has 0 aromatic carbocycles. The van der Waals surface area contributed by atoms with Crippen LogP contribution in [0.25, 0.3) is 0 Å². The van der Waals surface area contributed by atoms with Crippen molar-refractivity contribution in [3.8, 4) is 0 Å². The second kappa shape index (κ2) is 26.5. The number of ether oxygens (including phenoxy) is 1. The van der Waals surface area contributed by atoms with Crippen molar-refractivity contribution >= 4 is 11.8 Å². The maximum atomic E-state index is 12.6. The van der Waals surface area contributed by atoms with Crippen LogP contribution in [0.15, 0.2) is 12.2 Å². The number of methoxy groups -OCH3 is 1. The van der Waals surface area contributed by atoms with Crippen LogP contribution in [0.4, 0.5) is 0 Å². The fourth-order valence-corrected chi connectivity index (χ4v) is 4.58. The Bertz CT molecular complexity index is 483. The fourth-order valence-electron chi connectivity index (χ4n) is 4.58. The first kappa shape index (κ1) is 32.9. The minimum absolute atomic E-state index is 0.0902. The maximum Gasteiger partial charge on any atom is 0.316 e. The summed E-state index contributed by atoms with van der Waals surface area (Å²) in [7, 11) is 1.40. The Morgan fingerprint density at radius 3 is 1.47 bits per heavy atom. The molecule has 0 saturated heterocycles. The molecule has 0 fully saturated rings. The van der Waals surface area contributed by atoms with Crippen molar-refractivity contribution < 1.29 is 14.3 Å². The SMILES string of the molecule is CCCCCCCC/C=C\CCCCCCCC(=O)C(CCCCCCCCCC)C(=O)OC. The molecule has 0 aliphatic rings. The van der Waals surface area contributed by atoms with E-state index in [-0.39, 0.29) is 11.8 Å². The van der Waals surface area contributed by atoms with Crippen LogP contribution in [-0.2, 0) is 14.3 Å². The molecule has 200 valence electrons. The first-order valence-corrected chi connectivity index (χ1v) is 14.9. The lowest BCUT2D eigenvalue weighted by Crippen LogP contribution is -2.25. The Labute approximate surface area is 212 Å². The highest BCUT2D eigenvalue weighted by atomic mass is 16.5. The van der Waals surface area contributed by atoms with Gasteiger partial charge in [0.2, 0.25) is 0 Å². The average Bonchev–Trinajstić information content (AvgIpc) is 2.85. The maximum absolute atomic E-state index is 12.6. The zero-order chi connectivity index (χ0) is 25.1. The number of rotatable bonds is 26. The zero-order valence-electron chi connectivity index (χ0n) is 23.2. The van der Waals surface area contributed by atoms with Gasteiger partial charge in [-0.05, 0) is 38.5 Å². The van der Waals surface area contributed by atoms with Gasteiger partial charge in [0.05, 0.1) is 7.11 Å². The van der Waals surface area contributed by atoms with Gasteiger partial charge in [0, 0.05) is 6.42 Å². The van der Waals surface area contributed by atoms with E-state index in [1.165, 1.54) is 116 Å². The Morgan fingerprint density at radius 2 is 1.00 bits per heavy atom. The molecule has 0 rings (SSSR count). The fraction of sp³-hybridized carbons (Fsp3) is 0.871. The van der Waals surface area contributed by atoms with Gasteiger partial charge in [0.15, 0.2) is 0 Å². The normalized spacial score (nSPS) is 12.3. The largest absolute Gasteiger partial charge is 0.468 e. The van der Waals surface area contributed by atoms with Crippen LogP contribution in [0, 0.1) is 5.92 Å². The lowest BCUT2D eigenvalue weighted by Gasteiger charge is -2.13. The van der Waals surface area contributed by atoms with Gasteiger partial charge in [0.25, 0.3) is 0 Å². The van der Waals surface area contributed by atoms with E-state index in [9.17, 15) is 9.59 Å². The van der Waals surface area contributed by atoms with Gasteiger partial charge >= 0.3 is 5.97 Å². The molecular weight excluding hydrogens is 420 g/mol. The van der Waals surface area contributed by atoms with Gasteiger partial charge in [-0.25, -0.2) is 0 Å². The van der Waals surface area contributed by atoms with E-state index in [0.717, 1.165) is 25.7 Å². The van der Waals surface area contributed by atoms with Crippen molar-refractivity contribution in [1.82, 2.24) is 0 Å². The molecule has 1 unspecified atom stereocenters. The quantitative estimate of drug-likeness (QED) is 0.0537. The van der Waals surface area contributed by atoms with Crippen LogP contribution >= 0.6 is 0 Å². The number of hydrogen-bond acceptors (Lipinski definition) is 3. The predicted molar refractivity (Wildman–Crippen MR) is 147 cm³/mol. The van der Waals surface area contributed by atoms with Gasteiger partial charge in [-0.2, -0.15) is 0 Å². The van der Waals surface area contributed by atoms with Crippen molar-refractivity contribution in [3.63, 3.8) is 0 Å². The molecular formula is C31H58O3. The minimum Gasteiger partial charge on any atom is -0.468 e. The van der Waals surface area contributed by atoms with Crippen LogP contribution in [0.1, 0.15) is 162 Å². The van der Waals surface area contributed by atoms with E-state index in [4.69, 9.17) is 4.74 Å². The van der Waals surface area contributed by atoms with Crippen molar-refractivity contribution in [1.29, 1.82) is 0 Å². The first-order valence-electron chi connectivity index (χ1n) is 14.9. The number of Topliss-reactive ketones (excluding diaryl/α,β-unsaturated/α-hetero) is 1. The standard InChI is InChI=1S/C31H58O3/c1-4-6-8-10-12-14-15-16-17-18-19-20-22-24-26-28-30(32)29(31(33)34-3)27-25-23-21-13-11-9-7-5-2/h16-17,29H,4-15,18-28H2,1-3H3/b17-16-. The third kappa shape index (κ3) is 21.4. The molecule has 0 bridgehead atoms. The molecule has 0 aromatic rings. The third-order valence-corrected chi connectivity index (χ3v) is 6.91. The number of carbonyl (C=O) groups excluding carboxylic acids is 2. The Morgan fingerprint density at radius 1 is 0.588 bits per heavy atom. The summed E-state index contributed by atoms with van der Waals surface area (Å²) in [4.78, 5) is 24.7. The number of carbonyl (C=O) groups is 2. The Kier molecular flexibility index (Phi) is 25.6. The molecule has 3 heteroatoms. The van der Waals surface area contributed by atoms with Gasteiger partial charge < -0.3 is 4.74 Å². The summed E-state index contributed by atoms with van der Waals surface area (Å²) in [6.07, 6.45) is 31.9. The van der Waals surface area contributed by atoms with Gasteiger partial charge in [-0.15, -0.1) is 0 Å². The number of allylic oxidation sites excluding steroid dienone is 2. The van der Waals surface area contributed by atoms with Crippen molar-refractivity contribution in [3.05, 3.63) is 12.2 Å². The molecule has 0 aliphatic carbocycles. The number of hydrogen-bond donors (Lipinski definition) is 0. The van der Waals surface area contributed by atoms with Crippen molar-refractivity contribution in [2.45, 2.75) is 162 Å². The van der Waals surface area contributed by atoms with E-state index in [1.54, 1.807) is 0 Å². The first-order chi connectivity index (χ1) is 16.7. The molecule has 1 atom stereocenters. The summed E-state index contributed by atoms with van der Waals surface area (Å²) in [6, 6.07) is 0. The van der Waals surface area contributed by atoms with Gasteiger partial charge in [0.1, 0.15) is 11.7 Å². The second-order valence-corrected chi connectivity index (χ2v) is 10.1. The highest BCUT2D eigenvalue weighted by Gasteiger charge is 2.26. The van der Waals surface area contributed by atoms with Gasteiger partial charge in [-0.3, -0.25) is 9.59 Å². The Hall–Kier alpha value is -1.12. The van der Waals surface area contributed by atoms with Crippen LogP contribution < -0.4 is 0 Å². The number of ketones is 1. The molecule has 0 N–H and O–H groups in total. The zero-order valence-corrected chi connectivity index (χ0v) is 23.2. The molecule has 34 heavy (non-hydrogen) atoms. The lowest BCUT2D eigenvalue weighted by molar-refractivity contribution is -0.149. The third-order valence-electron chi connectivity index (χ3n) is 6.91. The highest BCUT2D eigenvalue weighted by molar-refractivity contribution is 5.98. The van der Waals surface area contributed by atoms with Crippen LogP contribution in [0.5, 0.6) is 0 Å². The summed E-state index contributed by atoms with van der Waals surface area (Å²) in [5.74, 6) is -0.782. The molecule has 0 amide bonds. The molecule has 0 spiro atoms. The van der Waals surface area contributed by atoms with E-state index in [0.29, 0.717) is 12.8 Å². The monoisotopic (exact) mass is 478 g/mol. The lowest BCUT2D eigenvalue weighted by atomic mass is 9.93. The number of unbranched alkanes of at least 4 members (excludes halogenated alkanes) is 18. The van der Waals surface area contributed by atoms with Crippen molar-refractivity contribution in [2.24, 2.45) is 5.92 Å². The topological polar surface area (TPSA) is 43.4 Å². The average molecular weight is 479 g/mol. The number of esters is 1.